The number of carbonyl (C=O) groups excluding carboxylic acids is 10. The molecule has 4 aromatic carbocycles. The number of hydrogen-bond donors (Lipinski definition) is 6. The number of rotatable bonds is 17. The number of hydrogen-bond acceptors (Lipinski definition) is 15. The number of Topliss-reactive ketones (excluding diaryl/α,β-unsaturated/α-hetero) is 1. The lowest BCUT2D eigenvalue weighted by Gasteiger charge is -2.33. The molecular weight excluding hydrogens is 1120 g/mol. The molecule has 5 atom stereocenters. The first kappa shape index (κ1) is 65.6. The second-order valence-electron chi connectivity index (χ2n) is 23.8. The summed E-state index contributed by atoms with van der Waals surface area (Å²) in [5, 5.41) is 16.7. The van der Waals surface area contributed by atoms with E-state index < -0.39 is 107 Å². The zero-order chi connectivity index (χ0) is 62.6. The van der Waals surface area contributed by atoms with Crippen LogP contribution in [0, 0.1) is 5.92 Å². The maximum Gasteiger partial charge on any atom is 0.514 e. The number of nitrogens with zero attached hydrogens (tertiary/aromatic N) is 1. The average molecular weight is 1190 g/mol. The first-order valence-corrected chi connectivity index (χ1v) is 28.4. The minimum Gasteiger partial charge on any atom is -0.444 e. The standard InChI is InChI=1S/C62H76ClN7O15/c1-35-51(72)69-47(54(75)66-34-43(71)32-41-27-29-64-52(41)73)31-36-15-25-48(81-58(79)84-61(5,6)7)44(30-36)45-33-40(22-26-49(45)82-59(80)85-62(8,9)10)50(55(76)67-35)70(11)56(77)46(14-12-13-28-65-57(78)83-60(2,3)4)68-53(74)39-18-16-37(17-19-39)38-20-23-42(63)24-21-38/h15-26,30,33,35,41,46-47,50H,12-14,27-29,31-32,34H2,1-11H3,(H,64,73)(H,65,78)(H,66,75)(H,67,76)(H,68,74)(H,69,72)/t35-,41?,46-,47-,50-/m0/s1. The van der Waals surface area contributed by atoms with E-state index in [1.807, 2.05) is 12.1 Å². The fraction of sp³-hybridized carbons (Fsp3) is 0.452. The molecule has 4 bridgehead atoms. The number of amides is 7. The van der Waals surface area contributed by atoms with Gasteiger partial charge in [-0.15, -0.1) is 0 Å². The molecule has 0 saturated carbocycles. The van der Waals surface area contributed by atoms with Gasteiger partial charge in [-0.05, 0) is 166 Å². The smallest absolute Gasteiger partial charge is 0.444 e. The van der Waals surface area contributed by atoms with Crippen molar-refractivity contribution in [3.8, 4) is 33.8 Å². The van der Waals surface area contributed by atoms with Crippen LogP contribution in [0.3, 0.4) is 0 Å². The molecule has 1 fully saturated rings. The third-order valence-electron chi connectivity index (χ3n) is 13.2. The Labute approximate surface area is 499 Å². The molecule has 0 aliphatic carbocycles. The highest BCUT2D eigenvalue weighted by Crippen LogP contribution is 2.41. The zero-order valence-electron chi connectivity index (χ0n) is 49.8. The molecule has 1 unspecified atom stereocenters. The highest BCUT2D eigenvalue weighted by Gasteiger charge is 2.37. The second kappa shape index (κ2) is 28.4. The third kappa shape index (κ3) is 19.8. The predicted octanol–water partition coefficient (Wildman–Crippen LogP) is 8.05. The van der Waals surface area contributed by atoms with Crippen molar-refractivity contribution in [2.45, 2.75) is 149 Å². The zero-order valence-corrected chi connectivity index (χ0v) is 50.5. The number of unbranched alkanes of at least 4 members (excludes halogenated alkanes) is 1. The van der Waals surface area contributed by atoms with E-state index in [1.165, 1.54) is 50.4 Å². The van der Waals surface area contributed by atoms with E-state index in [4.69, 9.17) is 35.3 Å². The number of benzene rings is 4. The van der Waals surface area contributed by atoms with Crippen LogP contribution >= 0.6 is 11.6 Å². The molecule has 22 nitrogen and oxygen atoms in total. The van der Waals surface area contributed by atoms with Crippen LogP contribution in [0.4, 0.5) is 14.4 Å². The topological polar surface area (TPSA) is 292 Å². The normalized spacial score (nSPS) is 17.5. The van der Waals surface area contributed by atoms with E-state index in [9.17, 15) is 38.4 Å². The lowest BCUT2D eigenvalue weighted by Crippen LogP contribution is -2.56. The molecule has 2 aliphatic heterocycles. The van der Waals surface area contributed by atoms with Gasteiger partial charge in [0.25, 0.3) is 5.91 Å². The minimum absolute atomic E-state index is 0.00203. The molecule has 7 amide bonds. The van der Waals surface area contributed by atoms with Crippen molar-refractivity contribution < 1.29 is 71.6 Å². The second-order valence-corrected chi connectivity index (χ2v) is 24.3. The fourth-order valence-corrected chi connectivity index (χ4v) is 9.32. The number of carbonyl (C=O) groups is 10. The quantitative estimate of drug-likeness (QED) is 0.0252. The van der Waals surface area contributed by atoms with E-state index in [2.05, 4.69) is 31.9 Å². The predicted molar refractivity (Wildman–Crippen MR) is 314 cm³/mol. The summed E-state index contributed by atoms with van der Waals surface area (Å²) in [6.07, 6.45) is -2.25. The highest BCUT2D eigenvalue weighted by molar-refractivity contribution is 6.30. The molecule has 0 radical (unpaired) electrons. The summed E-state index contributed by atoms with van der Waals surface area (Å²) < 4.78 is 28.1. The monoisotopic (exact) mass is 1190 g/mol. The van der Waals surface area contributed by atoms with Crippen LogP contribution in [0.5, 0.6) is 11.5 Å². The first-order chi connectivity index (χ1) is 39.8. The molecule has 4 aromatic rings. The summed E-state index contributed by atoms with van der Waals surface area (Å²) in [5.41, 5.74) is -0.534. The number of halogens is 1. The van der Waals surface area contributed by atoms with Crippen molar-refractivity contribution in [2.75, 3.05) is 26.7 Å². The van der Waals surface area contributed by atoms with Crippen LogP contribution in [0.15, 0.2) is 84.9 Å². The number of alkyl carbamates (subject to hydrolysis) is 1. The van der Waals surface area contributed by atoms with Gasteiger partial charge in [0.1, 0.15) is 52.5 Å². The van der Waals surface area contributed by atoms with E-state index in [1.54, 1.807) is 98.7 Å². The lowest BCUT2D eigenvalue weighted by atomic mass is 9.93. The molecule has 1 saturated heterocycles. The van der Waals surface area contributed by atoms with E-state index in [-0.39, 0.29) is 71.9 Å². The van der Waals surface area contributed by atoms with Crippen LogP contribution in [-0.4, -0.2) is 126 Å². The summed E-state index contributed by atoms with van der Waals surface area (Å²) in [6, 6.07) is 16.6. The molecule has 6 N–H and O–H groups in total. The van der Waals surface area contributed by atoms with E-state index >= 15 is 9.59 Å². The van der Waals surface area contributed by atoms with Gasteiger partial charge in [0.15, 0.2) is 5.78 Å². The van der Waals surface area contributed by atoms with Gasteiger partial charge in [0.2, 0.25) is 29.5 Å². The maximum atomic E-state index is 15.3. The van der Waals surface area contributed by atoms with E-state index in [0.29, 0.717) is 30.0 Å². The Kier molecular flexibility index (Phi) is 21.9. The first-order valence-electron chi connectivity index (χ1n) is 28.0. The van der Waals surface area contributed by atoms with Crippen LogP contribution in [-0.2, 0) is 49.4 Å². The van der Waals surface area contributed by atoms with Crippen molar-refractivity contribution in [3.63, 3.8) is 0 Å². The van der Waals surface area contributed by atoms with Crippen molar-refractivity contribution in [2.24, 2.45) is 5.92 Å². The molecule has 6 rings (SSSR count). The van der Waals surface area contributed by atoms with Gasteiger partial charge in [0, 0.05) is 60.6 Å². The molecule has 2 aliphatic rings. The average Bonchev–Trinajstić information content (AvgIpc) is 1.78. The highest BCUT2D eigenvalue weighted by atomic mass is 35.5. The molecular formula is C62H76ClN7O15. The molecule has 85 heavy (non-hydrogen) atoms. The Morgan fingerprint density at radius 3 is 1.84 bits per heavy atom. The number of ketones is 1. The number of fused-ring (bicyclic) bond motifs is 5. The molecule has 0 aromatic heterocycles. The van der Waals surface area contributed by atoms with Gasteiger partial charge in [-0.1, -0.05) is 48.0 Å². The Hall–Kier alpha value is -8.53. The SMILES string of the molecule is C[C@@H]1NC(=O)[C@@H](N(C)C(=O)[C@H](CCCCNC(=O)OC(C)(C)C)NC(=O)c2ccc(-c3ccc(Cl)cc3)cc2)c2ccc(OC(=O)OC(C)(C)C)c(c2)-c2cc(ccc2OC(=O)OC(C)(C)C)C[C@@H](C(=O)NCC(=O)CC2CCNC2=O)NC1=O. The largest absolute Gasteiger partial charge is 0.514 e. The van der Waals surface area contributed by atoms with Crippen LogP contribution in [0.2, 0.25) is 5.02 Å². The maximum absolute atomic E-state index is 15.3. The third-order valence-corrected chi connectivity index (χ3v) is 13.5. The number of likely N-dealkylation sites (N-methyl/N-ethyl adjacent to an activating group) is 1. The van der Waals surface area contributed by atoms with Crippen LogP contribution < -0.4 is 41.4 Å². The summed E-state index contributed by atoms with van der Waals surface area (Å²) in [7, 11) is 1.33. The van der Waals surface area contributed by atoms with Gasteiger partial charge in [-0.2, -0.15) is 0 Å². The van der Waals surface area contributed by atoms with E-state index in [0.717, 1.165) is 16.0 Å². The Balaban J connectivity index is 1.44. The Bertz CT molecular complexity index is 3150. The van der Waals surface area contributed by atoms with Crippen molar-refractivity contribution >= 4 is 71.2 Å². The summed E-state index contributed by atoms with van der Waals surface area (Å²) in [6.45, 7) is 16.4. The molecule has 456 valence electrons. The minimum atomic E-state index is -1.66. The number of ether oxygens (including phenoxy) is 5. The van der Waals surface area contributed by atoms with Gasteiger partial charge in [0.05, 0.1) is 6.54 Å². The van der Waals surface area contributed by atoms with Gasteiger partial charge in [-0.25, -0.2) is 14.4 Å². The van der Waals surface area contributed by atoms with Crippen molar-refractivity contribution in [1.82, 2.24) is 36.8 Å². The molecule has 0 spiro atoms. The van der Waals surface area contributed by atoms with Crippen LogP contribution in [0.25, 0.3) is 22.3 Å². The Morgan fingerprint density at radius 1 is 0.682 bits per heavy atom. The van der Waals surface area contributed by atoms with Gasteiger partial charge >= 0.3 is 18.4 Å². The van der Waals surface area contributed by atoms with Crippen LogP contribution in [0.1, 0.15) is 129 Å². The fourth-order valence-electron chi connectivity index (χ4n) is 9.19. The molecule has 23 heteroatoms. The Morgan fingerprint density at radius 2 is 1.26 bits per heavy atom. The van der Waals surface area contributed by atoms with Gasteiger partial charge in [-0.3, -0.25) is 33.6 Å². The summed E-state index contributed by atoms with van der Waals surface area (Å²) in [5.74, 6) is -5.56. The molecule has 2 heterocycles. The van der Waals surface area contributed by atoms with Gasteiger partial charge < -0.3 is 60.5 Å². The van der Waals surface area contributed by atoms with Crippen molar-refractivity contribution in [1.29, 1.82) is 0 Å². The summed E-state index contributed by atoms with van der Waals surface area (Å²) >= 11 is 6.12. The lowest BCUT2D eigenvalue weighted by molar-refractivity contribution is -0.141. The summed E-state index contributed by atoms with van der Waals surface area (Å²) in [4.78, 5) is 139. The number of nitrogens with one attached hydrogen (secondary N) is 6. The van der Waals surface area contributed by atoms with Crippen molar-refractivity contribution in [3.05, 3.63) is 107 Å².